The van der Waals surface area contributed by atoms with Crippen LogP contribution in [0, 0.1) is 0 Å². The van der Waals surface area contributed by atoms with Gasteiger partial charge in [0, 0.05) is 34.4 Å². The molecule has 6 rings (SSSR count). The van der Waals surface area contributed by atoms with E-state index in [2.05, 4.69) is 113 Å². The number of hydrogen-bond acceptors (Lipinski definition) is 4. The number of carbonyl (C=O) groups is 2. The third-order valence-corrected chi connectivity index (χ3v) is 13.9. The molecule has 6 aromatic carbocycles. The van der Waals surface area contributed by atoms with Gasteiger partial charge in [-0.15, -0.1) is 0 Å². The van der Waals surface area contributed by atoms with Crippen LogP contribution in [0.1, 0.15) is 206 Å². The number of fused-ring (bicyclic) bond motifs is 4. The molecule has 0 N–H and O–H groups in total. The predicted molar refractivity (Wildman–Crippen MR) is 283 cm³/mol. The van der Waals surface area contributed by atoms with Crippen LogP contribution in [0.5, 0.6) is 11.5 Å². The van der Waals surface area contributed by atoms with E-state index < -0.39 is 0 Å². The first kappa shape index (κ1) is 50.7. The highest BCUT2D eigenvalue weighted by Gasteiger charge is 2.25. The molecular formula is C62H82O4. The van der Waals surface area contributed by atoms with E-state index in [1.807, 2.05) is 0 Å². The van der Waals surface area contributed by atoms with Crippen molar-refractivity contribution >= 4 is 55.0 Å². The SMILES string of the molecule is CCCCCCCCCCCC(=O)Oc1c2ccccc2c(-c2c3ccccc3c(OC(=O)CCCCCCCCCCC)c3ccc(CCCCC)cc23)c2cc(CCCCC)ccc12. The van der Waals surface area contributed by atoms with Gasteiger partial charge in [0.1, 0.15) is 11.5 Å². The Balaban J connectivity index is 1.42. The van der Waals surface area contributed by atoms with Crippen molar-refractivity contribution in [1.82, 2.24) is 0 Å². The molecule has 0 saturated heterocycles. The summed E-state index contributed by atoms with van der Waals surface area (Å²) in [6.07, 6.45) is 31.4. The molecule has 0 spiro atoms. The summed E-state index contributed by atoms with van der Waals surface area (Å²) in [6, 6.07) is 30.6. The Hall–Kier alpha value is -4.70. The largest absolute Gasteiger partial charge is 0.425 e. The second-order valence-corrected chi connectivity index (χ2v) is 19.3. The molecule has 0 unspecified atom stereocenters. The average Bonchev–Trinajstić information content (AvgIpc) is 3.33. The number of ether oxygens (including phenoxy) is 2. The summed E-state index contributed by atoms with van der Waals surface area (Å²) in [4.78, 5) is 27.6. The summed E-state index contributed by atoms with van der Waals surface area (Å²) in [6.45, 7) is 9.03. The zero-order valence-corrected chi connectivity index (χ0v) is 41.5. The average molecular weight is 891 g/mol. The Kier molecular flexibility index (Phi) is 21.4. The van der Waals surface area contributed by atoms with Gasteiger partial charge < -0.3 is 9.47 Å². The van der Waals surface area contributed by atoms with Crippen LogP contribution in [0.4, 0.5) is 0 Å². The molecule has 66 heavy (non-hydrogen) atoms. The van der Waals surface area contributed by atoms with Gasteiger partial charge in [0.25, 0.3) is 0 Å². The minimum atomic E-state index is -0.162. The Bertz CT molecular complexity index is 2270. The minimum absolute atomic E-state index is 0.162. The fourth-order valence-electron chi connectivity index (χ4n) is 10.1. The van der Waals surface area contributed by atoms with Gasteiger partial charge in [-0.3, -0.25) is 9.59 Å². The second-order valence-electron chi connectivity index (χ2n) is 19.3. The lowest BCUT2D eigenvalue weighted by Crippen LogP contribution is -2.09. The zero-order valence-electron chi connectivity index (χ0n) is 41.5. The Morgan fingerprint density at radius 2 is 0.636 bits per heavy atom. The first-order valence-corrected chi connectivity index (χ1v) is 26.8. The highest BCUT2D eigenvalue weighted by molar-refractivity contribution is 6.27. The lowest BCUT2D eigenvalue weighted by atomic mass is 9.84. The maximum absolute atomic E-state index is 13.8. The highest BCUT2D eigenvalue weighted by atomic mass is 16.5. The van der Waals surface area contributed by atoms with Gasteiger partial charge >= 0.3 is 11.9 Å². The van der Waals surface area contributed by atoms with E-state index >= 15 is 0 Å². The summed E-state index contributed by atoms with van der Waals surface area (Å²) >= 11 is 0. The normalized spacial score (nSPS) is 11.6. The van der Waals surface area contributed by atoms with Crippen molar-refractivity contribution < 1.29 is 19.1 Å². The van der Waals surface area contributed by atoms with Crippen LogP contribution in [0.15, 0.2) is 84.9 Å². The fraction of sp³-hybridized carbons (Fsp3) is 0.516. The van der Waals surface area contributed by atoms with Crippen LogP contribution in [-0.4, -0.2) is 11.9 Å². The molecule has 0 radical (unpaired) electrons. The van der Waals surface area contributed by atoms with Crippen molar-refractivity contribution in [2.45, 2.75) is 207 Å². The molecule has 0 fully saturated rings. The van der Waals surface area contributed by atoms with E-state index in [0.29, 0.717) is 24.3 Å². The van der Waals surface area contributed by atoms with Crippen LogP contribution in [-0.2, 0) is 22.4 Å². The van der Waals surface area contributed by atoms with E-state index in [4.69, 9.17) is 9.47 Å². The van der Waals surface area contributed by atoms with Crippen LogP contribution >= 0.6 is 0 Å². The zero-order chi connectivity index (χ0) is 46.4. The molecule has 0 atom stereocenters. The van der Waals surface area contributed by atoms with Crippen molar-refractivity contribution in [1.29, 1.82) is 0 Å². The summed E-state index contributed by atoms with van der Waals surface area (Å²) in [5, 5.41) is 8.07. The molecule has 0 aliphatic rings. The number of aryl methyl sites for hydroxylation is 2. The minimum Gasteiger partial charge on any atom is -0.425 e. The number of carbonyl (C=O) groups excluding carboxylic acids is 2. The van der Waals surface area contributed by atoms with Gasteiger partial charge in [0.15, 0.2) is 0 Å². The lowest BCUT2D eigenvalue weighted by molar-refractivity contribution is -0.135. The van der Waals surface area contributed by atoms with E-state index in [1.54, 1.807) is 0 Å². The molecule has 4 nitrogen and oxygen atoms in total. The topological polar surface area (TPSA) is 52.6 Å². The first-order chi connectivity index (χ1) is 32.5. The molecule has 0 aromatic heterocycles. The molecule has 4 heteroatoms. The predicted octanol–water partition coefficient (Wildman–Crippen LogP) is 19.1. The Labute approximate surface area is 398 Å². The molecule has 0 saturated carbocycles. The smallest absolute Gasteiger partial charge is 0.311 e. The monoisotopic (exact) mass is 891 g/mol. The molecule has 0 amide bonds. The van der Waals surface area contributed by atoms with Crippen molar-refractivity contribution in [2.75, 3.05) is 0 Å². The number of unbranched alkanes of at least 4 members (excludes halogenated alkanes) is 20. The maximum Gasteiger partial charge on any atom is 0.311 e. The van der Waals surface area contributed by atoms with Crippen molar-refractivity contribution in [2.24, 2.45) is 0 Å². The number of hydrogen-bond donors (Lipinski definition) is 0. The molecule has 0 heterocycles. The van der Waals surface area contributed by atoms with E-state index in [-0.39, 0.29) is 11.9 Å². The quantitative estimate of drug-likeness (QED) is 0.0189. The Morgan fingerprint density at radius 1 is 0.333 bits per heavy atom. The van der Waals surface area contributed by atoms with Crippen molar-refractivity contribution in [3.8, 4) is 22.6 Å². The molecule has 0 aliphatic heterocycles. The third-order valence-electron chi connectivity index (χ3n) is 13.9. The summed E-state index contributed by atoms with van der Waals surface area (Å²) in [5.41, 5.74) is 4.85. The van der Waals surface area contributed by atoms with Gasteiger partial charge in [0.05, 0.1) is 0 Å². The maximum atomic E-state index is 13.8. The second kappa shape index (κ2) is 27.8. The first-order valence-electron chi connectivity index (χ1n) is 26.8. The van der Waals surface area contributed by atoms with Crippen LogP contribution < -0.4 is 9.47 Å². The molecule has 354 valence electrons. The summed E-state index contributed by atoms with van der Waals surface area (Å²) < 4.78 is 13.1. The fourth-order valence-corrected chi connectivity index (χ4v) is 10.1. The number of benzene rings is 6. The number of esters is 2. The van der Waals surface area contributed by atoms with Crippen LogP contribution in [0.3, 0.4) is 0 Å². The van der Waals surface area contributed by atoms with Crippen molar-refractivity contribution in [3.63, 3.8) is 0 Å². The number of rotatable bonds is 31. The molecule has 0 aliphatic carbocycles. The van der Waals surface area contributed by atoms with Crippen LogP contribution in [0.25, 0.3) is 54.2 Å². The molecule has 6 aromatic rings. The van der Waals surface area contributed by atoms with Gasteiger partial charge in [-0.25, -0.2) is 0 Å². The standard InChI is InChI=1S/C62H82O4/c1-5-9-13-15-17-19-21-23-27-39-57(63)65-61-51-37-31-29-35-49(51)59(55-45-47(33-25-11-7-3)41-43-53(55)61)60-50-36-30-32-38-52(50)62(54-44-42-48(46-56(54)60)34-26-12-8-4)66-58(64)40-28-24-22-20-18-16-14-10-6-2/h29-32,35-38,41-46H,5-28,33-34,39-40H2,1-4H3. The van der Waals surface area contributed by atoms with Gasteiger partial charge in [-0.1, -0.05) is 241 Å². The third kappa shape index (κ3) is 14.2. The Morgan fingerprint density at radius 3 is 1.00 bits per heavy atom. The van der Waals surface area contributed by atoms with E-state index in [1.165, 1.54) is 114 Å². The summed E-state index contributed by atoms with van der Waals surface area (Å²) in [7, 11) is 0. The molecular weight excluding hydrogens is 809 g/mol. The van der Waals surface area contributed by atoms with E-state index in [9.17, 15) is 9.59 Å². The summed E-state index contributed by atoms with van der Waals surface area (Å²) in [5.74, 6) is 0.985. The van der Waals surface area contributed by atoms with Gasteiger partial charge in [-0.05, 0) is 82.3 Å². The van der Waals surface area contributed by atoms with Gasteiger partial charge in [0.2, 0.25) is 0 Å². The highest BCUT2D eigenvalue weighted by Crippen LogP contribution is 2.50. The van der Waals surface area contributed by atoms with E-state index in [0.717, 1.165) is 118 Å². The van der Waals surface area contributed by atoms with Gasteiger partial charge in [-0.2, -0.15) is 0 Å². The van der Waals surface area contributed by atoms with Crippen LogP contribution in [0.2, 0.25) is 0 Å². The van der Waals surface area contributed by atoms with Crippen molar-refractivity contribution in [3.05, 3.63) is 96.1 Å². The lowest BCUT2D eigenvalue weighted by Gasteiger charge is -2.22. The molecule has 0 bridgehead atoms.